The van der Waals surface area contributed by atoms with Gasteiger partial charge >= 0.3 is 0 Å². The van der Waals surface area contributed by atoms with E-state index in [1.54, 1.807) is 37.7 Å². The Hall–Kier alpha value is -2.44. The summed E-state index contributed by atoms with van der Waals surface area (Å²) in [5, 5.41) is 2.91. The maximum Gasteiger partial charge on any atom is 0.132 e. The average Bonchev–Trinajstić information content (AvgIpc) is 3.11. The van der Waals surface area contributed by atoms with Crippen LogP contribution in [0.4, 0.5) is 4.39 Å². The van der Waals surface area contributed by atoms with Gasteiger partial charge in [-0.2, -0.15) is 0 Å². The second kappa shape index (κ2) is 8.29. The van der Waals surface area contributed by atoms with E-state index < -0.39 is 0 Å². The molecule has 26 heavy (non-hydrogen) atoms. The fourth-order valence-electron chi connectivity index (χ4n) is 2.73. The van der Waals surface area contributed by atoms with E-state index in [1.807, 2.05) is 41.6 Å². The molecule has 0 bridgehead atoms. The van der Waals surface area contributed by atoms with E-state index in [0.29, 0.717) is 18.7 Å². The number of hydrogen-bond donors (Lipinski definition) is 0. The molecule has 1 aromatic heterocycles. The molecule has 0 radical (unpaired) electrons. The van der Waals surface area contributed by atoms with Gasteiger partial charge < -0.3 is 9.47 Å². The Balaban J connectivity index is 1.73. The van der Waals surface area contributed by atoms with Crippen molar-refractivity contribution < 1.29 is 13.9 Å². The molecular weight excluding hydrogens is 351 g/mol. The van der Waals surface area contributed by atoms with Crippen molar-refractivity contribution >= 4 is 11.3 Å². The summed E-state index contributed by atoms with van der Waals surface area (Å²) in [7, 11) is 5.22. The zero-order valence-corrected chi connectivity index (χ0v) is 15.8. The molecule has 0 aliphatic carbocycles. The molecule has 4 nitrogen and oxygen atoms in total. The van der Waals surface area contributed by atoms with Gasteiger partial charge in [0.05, 0.1) is 25.5 Å². The third kappa shape index (κ3) is 4.20. The molecule has 0 N–H and O–H groups in total. The number of halogens is 1. The van der Waals surface area contributed by atoms with Gasteiger partial charge in [0, 0.05) is 30.1 Å². The molecule has 0 saturated heterocycles. The highest BCUT2D eigenvalue weighted by atomic mass is 32.1. The summed E-state index contributed by atoms with van der Waals surface area (Å²) in [6.45, 7) is 1.18. The van der Waals surface area contributed by atoms with Crippen molar-refractivity contribution in [3.63, 3.8) is 0 Å². The molecule has 0 fully saturated rings. The fourth-order valence-corrected chi connectivity index (χ4v) is 3.57. The van der Waals surface area contributed by atoms with E-state index in [-0.39, 0.29) is 5.82 Å². The van der Waals surface area contributed by atoms with Crippen molar-refractivity contribution in [2.75, 3.05) is 21.3 Å². The topological polar surface area (TPSA) is 34.6 Å². The van der Waals surface area contributed by atoms with Crippen molar-refractivity contribution in [2.45, 2.75) is 13.1 Å². The predicted octanol–water partition coefficient (Wildman–Crippen LogP) is 4.60. The summed E-state index contributed by atoms with van der Waals surface area (Å²) in [5.74, 6) is 1.29. The average molecular weight is 372 g/mol. The first kappa shape index (κ1) is 18.4. The van der Waals surface area contributed by atoms with Gasteiger partial charge in [0.2, 0.25) is 0 Å². The van der Waals surface area contributed by atoms with Crippen LogP contribution >= 0.6 is 11.3 Å². The molecule has 0 unspecified atom stereocenters. The minimum absolute atomic E-state index is 0.179. The lowest BCUT2D eigenvalue weighted by molar-refractivity contribution is 0.310. The smallest absolute Gasteiger partial charge is 0.132 e. The Morgan fingerprint density at radius 2 is 1.88 bits per heavy atom. The molecule has 2 aromatic carbocycles. The lowest BCUT2D eigenvalue weighted by Gasteiger charge is -2.15. The lowest BCUT2D eigenvalue weighted by Crippen LogP contribution is -2.18. The second-order valence-corrected chi connectivity index (χ2v) is 6.83. The molecule has 0 atom stereocenters. The van der Waals surface area contributed by atoms with Crippen LogP contribution in [0.25, 0.3) is 10.6 Å². The van der Waals surface area contributed by atoms with Crippen molar-refractivity contribution in [3.8, 4) is 22.1 Å². The summed E-state index contributed by atoms with van der Waals surface area (Å²) in [6.07, 6.45) is 0. The minimum atomic E-state index is -0.179. The van der Waals surface area contributed by atoms with Crippen molar-refractivity contribution in [3.05, 3.63) is 64.9 Å². The van der Waals surface area contributed by atoms with Gasteiger partial charge in [0.25, 0.3) is 0 Å². The van der Waals surface area contributed by atoms with E-state index in [4.69, 9.17) is 14.5 Å². The number of aromatic nitrogens is 1. The highest BCUT2D eigenvalue weighted by Crippen LogP contribution is 2.35. The Bertz CT molecular complexity index is 882. The minimum Gasteiger partial charge on any atom is -0.497 e. The highest BCUT2D eigenvalue weighted by Gasteiger charge is 2.13. The molecule has 136 valence electrons. The van der Waals surface area contributed by atoms with Crippen LogP contribution < -0.4 is 9.47 Å². The molecule has 6 heteroatoms. The third-order valence-corrected chi connectivity index (χ3v) is 4.95. The number of benzene rings is 2. The summed E-state index contributed by atoms with van der Waals surface area (Å²) in [4.78, 5) is 6.76. The largest absolute Gasteiger partial charge is 0.497 e. The van der Waals surface area contributed by atoms with Gasteiger partial charge in [-0.15, -0.1) is 11.3 Å². The maximum atomic E-state index is 13.8. The van der Waals surface area contributed by atoms with Crippen LogP contribution in [0.15, 0.2) is 47.8 Å². The SMILES string of the molecule is COc1ccc(-c2nc(CN(C)Cc3ccccc3F)cs2)c(OC)c1. The molecule has 0 aliphatic heterocycles. The van der Waals surface area contributed by atoms with Crippen LogP contribution in [0.2, 0.25) is 0 Å². The summed E-state index contributed by atoms with van der Waals surface area (Å²) in [5.41, 5.74) is 2.56. The number of nitrogens with zero attached hydrogens (tertiary/aromatic N) is 2. The first-order valence-electron chi connectivity index (χ1n) is 8.19. The van der Waals surface area contributed by atoms with Gasteiger partial charge in [-0.05, 0) is 25.2 Å². The van der Waals surface area contributed by atoms with E-state index in [0.717, 1.165) is 27.8 Å². The molecule has 0 saturated carbocycles. The predicted molar refractivity (Wildman–Crippen MR) is 102 cm³/mol. The fraction of sp³-hybridized carbons (Fsp3) is 0.250. The molecule has 3 rings (SSSR count). The van der Waals surface area contributed by atoms with Gasteiger partial charge in [-0.25, -0.2) is 9.37 Å². The lowest BCUT2D eigenvalue weighted by atomic mass is 10.2. The highest BCUT2D eigenvalue weighted by molar-refractivity contribution is 7.13. The number of ether oxygens (including phenoxy) is 2. The molecular formula is C20H21FN2O2S. The number of hydrogen-bond acceptors (Lipinski definition) is 5. The molecule has 0 amide bonds. The normalized spacial score (nSPS) is 11.0. The monoisotopic (exact) mass is 372 g/mol. The summed E-state index contributed by atoms with van der Waals surface area (Å²) in [6, 6.07) is 12.5. The Kier molecular flexibility index (Phi) is 5.85. The summed E-state index contributed by atoms with van der Waals surface area (Å²) >= 11 is 1.56. The number of thiazole rings is 1. The van der Waals surface area contributed by atoms with Crippen LogP contribution in [0, 0.1) is 5.82 Å². The summed E-state index contributed by atoms with van der Waals surface area (Å²) < 4.78 is 24.5. The Labute approximate surface area is 156 Å². The maximum absolute atomic E-state index is 13.8. The van der Waals surface area contributed by atoms with Crippen molar-refractivity contribution in [2.24, 2.45) is 0 Å². The van der Waals surface area contributed by atoms with Crippen LogP contribution in [-0.2, 0) is 13.1 Å². The van der Waals surface area contributed by atoms with Gasteiger partial charge in [0.1, 0.15) is 22.3 Å². The zero-order valence-electron chi connectivity index (χ0n) is 15.0. The molecule has 3 aromatic rings. The van der Waals surface area contributed by atoms with Gasteiger partial charge in [0.15, 0.2) is 0 Å². The van der Waals surface area contributed by atoms with Crippen LogP contribution in [0.1, 0.15) is 11.3 Å². The standard InChI is InChI=1S/C20H21FN2O2S/c1-23(11-14-6-4-5-7-18(14)21)12-15-13-26-20(22-15)17-9-8-16(24-2)10-19(17)25-3/h4-10,13H,11-12H2,1-3H3. The Morgan fingerprint density at radius 3 is 2.62 bits per heavy atom. The van der Waals surface area contributed by atoms with E-state index in [1.165, 1.54) is 6.07 Å². The van der Waals surface area contributed by atoms with Crippen molar-refractivity contribution in [1.82, 2.24) is 9.88 Å². The second-order valence-electron chi connectivity index (χ2n) is 5.97. The van der Waals surface area contributed by atoms with E-state index in [2.05, 4.69) is 0 Å². The molecule has 0 aliphatic rings. The van der Waals surface area contributed by atoms with E-state index >= 15 is 0 Å². The first-order valence-corrected chi connectivity index (χ1v) is 9.07. The van der Waals surface area contributed by atoms with Gasteiger partial charge in [-0.3, -0.25) is 4.90 Å². The molecule has 1 heterocycles. The first-order chi connectivity index (χ1) is 12.6. The van der Waals surface area contributed by atoms with Crippen molar-refractivity contribution in [1.29, 1.82) is 0 Å². The molecule has 0 spiro atoms. The van der Waals surface area contributed by atoms with Gasteiger partial charge in [-0.1, -0.05) is 18.2 Å². The number of rotatable bonds is 7. The van der Waals surface area contributed by atoms with E-state index in [9.17, 15) is 4.39 Å². The van der Waals surface area contributed by atoms with Crippen LogP contribution in [0.3, 0.4) is 0 Å². The third-order valence-electron chi connectivity index (χ3n) is 4.02. The number of methoxy groups -OCH3 is 2. The zero-order chi connectivity index (χ0) is 18.5. The quantitative estimate of drug-likeness (QED) is 0.607. The Morgan fingerprint density at radius 1 is 1.08 bits per heavy atom. The van der Waals surface area contributed by atoms with Crippen LogP contribution in [-0.4, -0.2) is 31.2 Å². The van der Waals surface area contributed by atoms with Crippen LogP contribution in [0.5, 0.6) is 11.5 Å².